The lowest BCUT2D eigenvalue weighted by Gasteiger charge is -2.30. The van der Waals surface area contributed by atoms with Crippen LogP contribution in [0.1, 0.15) is 29.3 Å². The Morgan fingerprint density at radius 3 is 2.62 bits per heavy atom. The van der Waals surface area contributed by atoms with Crippen LogP contribution in [-0.2, 0) is 13.1 Å². The van der Waals surface area contributed by atoms with Gasteiger partial charge in [0.25, 0.3) is 0 Å². The summed E-state index contributed by atoms with van der Waals surface area (Å²) in [5, 5.41) is 4.13. The molecule has 124 valence electrons. The van der Waals surface area contributed by atoms with Crippen LogP contribution in [0.25, 0.3) is 0 Å². The van der Waals surface area contributed by atoms with Crippen LogP contribution in [0.2, 0.25) is 0 Å². The van der Waals surface area contributed by atoms with E-state index in [0.717, 1.165) is 25.2 Å². The minimum absolute atomic E-state index is 0.148. The number of hydrogen-bond donors (Lipinski definition) is 0. The van der Waals surface area contributed by atoms with Crippen molar-refractivity contribution in [3.05, 3.63) is 81.8 Å². The first-order valence-corrected chi connectivity index (χ1v) is 9.02. The van der Waals surface area contributed by atoms with E-state index in [1.165, 1.54) is 23.8 Å². The van der Waals surface area contributed by atoms with Crippen LogP contribution in [0, 0.1) is 11.6 Å². The molecule has 1 aliphatic rings. The standard InChI is InChI=1S/C19H18F2N2S/c20-15-4-1-5-16(21)18(15)19-17-6-2-8-22(17)9-3-10-23(19)12-14-7-11-24-13-14/h1-2,4-8,11,13,19H,3,9-10,12H2. The first-order chi connectivity index (χ1) is 11.7. The third kappa shape index (κ3) is 2.78. The Hall–Kier alpha value is -1.98. The molecule has 0 radical (unpaired) electrons. The Morgan fingerprint density at radius 2 is 1.88 bits per heavy atom. The van der Waals surface area contributed by atoms with E-state index in [4.69, 9.17) is 0 Å². The Kier molecular flexibility index (Phi) is 4.21. The third-order valence-corrected chi connectivity index (χ3v) is 5.33. The van der Waals surface area contributed by atoms with E-state index < -0.39 is 17.7 Å². The van der Waals surface area contributed by atoms with Crippen molar-refractivity contribution in [1.82, 2.24) is 9.47 Å². The zero-order valence-corrected chi connectivity index (χ0v) is 14.0. The van der Waals surface area contributed by atoms with Crippen molar-refractivity contribution in [3.63, 3.8) is 0 Å². The van der Waals surface area contributed by atoms with E-state index in [2.05, 4.69) is 20.9 Å². The molecular weight excluding hydrogens is 326 g/mol. The van der Waals surface area contributed by atoms with Crippen molar-refractivity contribution in [3.8, 4) is 0 Å². The summed E-state index contributed by atoms with van der Waals surface area (Å²) in [5.41, 5.74) is 2.28. The SMILES string of the molecule is Fc1cccc(F)c1C1c2cccn2CCCN1Cc1ccsc1. The molecule has 3 heterocycles. The Bertz CT molecular complexity index is 806. The predicted molar refractivity (Wildman–Crippen MR) is 92.0 cm³/mol. The van der Waals surface area contributed by atoms with Gasteiger partial charge in [-0.2, -0.15) is 11.3 Å². The minimum Gasteiger partial charge on any atom is -0.350 e. The average molecular weight is 344 g/mol. The molecule has 1 aliphatic heterocycles. The van der Waals surface area contributed by atoms with Gasteiger partial charge in [-0.3, -0.25) is 4.90 Å². The van der Waals surface area contributed by atoms with E-state index in [0.29, 0.717) is 6.54 Å². The number of rotatable bonds is 3. The molecule has 1 aromatic carbocycles. The van der Waals surface area contributed by atoms with Crippen LogP contribution >= 0.6 is 11.3 Å². The van der Waals surface area contributed by atoms with Gasteiger partial charge in [-0.25, -0.2) is 8.78 Å². The molecule has 0 amide bonds. The highest BCUT2D eigenvalue weighted by atomic mass is 32.1. The van der Waals surface area contributed by atoms with Gasteiger partial charge in [0.05, 0.1) is 6.04 Å². The smallest absolute Gasteiger partial charge is 0.131 e. The number of aryl methyl sites for hydroxylation is 1. The van der Waals surface area contributed by atoms with E-state index in [1.54, 1.807) is 11.3 Å². The molecule has 0 saturated heterocycles. The van der Waals surface area contributed by atoms with E-state index in [9.17, 15) is 8.78 Å². The normalized spacial score (nSPS) is 18.3. The molecule has 0 saturated carbocycles. The van der Waals surface area contributed by atoms with Crippen LogP contribution in [0.15, 0.2) is 53.4 Å². The first kappa shape index (κ1) is 15.5. The highest BCUT2D eigenvalue weighted by Crippen LogP contribution is 2.35. The number of aromatic nitrogens is 1. The van der Waals surface area contributed by atoms with Crippen molar-refractivity contribution >= 4 is 11.3 Å². The molecule has 4 rings (SSSR count). The van der Waals surface area contributed by atoms with Gasteiger partial charge in [-0.05, 0) is 53.1 Å². The van der Waals surface area contributed by atoms with Crippen molar-refractivity contribution in [2.24, 2.45) is 0 Å². The molecule has 0 bridgehead atoms. The van der Waals surface area contributed by atoms with Gasteiger partial charge in [0, 0.05) is 37.1 Å². The molecule has 2 nitrogen and oxygen atoms in total. The summed E-state index contributed by atoms with van der Waals surface area (Å²) in [5.74, 6) is -0.963. The van der Waals surface area contributed by atoms with E-state index in [1.807, 2.05) is 23.7 Å². The third-order valence-electron chi connectivity index (χ3n) is 4.59. The predicted octanol–water partition coefficient (Wildman–Crippen LogP) is 4.82. The Balaban J connectivity index is 1.83. The van der Waals surface area contributed by atoms with Gasteiger partial charge in [-0.1, -0.05) is 6.07 Å². The second-order valence-electron chi connectivity index (χ2n) is 6.12. The fraction of sp³-hybridized carbons (Fsp3) is 0.263. The molecule has 0 aliphatic carbocycles. The molecular formula is C19H18F2N2S. The quantitative estimate of drug-likeness (QED) is 0.661. The number of hydrogen-bond acceptors (Lipinski definition) is 2. The number of thiophene rings is 1. The van der Waals surface area contributed by atoms with Gasteiger partial charge < -0.3 is 4.57 Å². The highest BCUT2D eigenvalue weighted by Gasteiger charge is 2.31. The molecule has 1 unspecified atom stereocenters. The zero-order valence-electron chi connectivity index (χ0n) is 13.2. The fourth-order valence-corrected chi connectivity index (χ4v) is 4.19. The molecule has 5 heteroatoms. The van der Waals surface area contributed by atoms with Gasteiger partial charge in [0.1, 0.15) is 11.6 Å². The summed E-state index contributed by atoms with van der Waals surface area (Å²) >= 11 is 1.64. The van der Waals surface area contributed by atoms with Crippen molar-refractivity contribution in [2.75, 3.05) is 6.54 Å². The second-order valence-corrected chi connectivity index (χ2v) is 6.90. The fourth-order valence-electron chi connectivity index (χ4n) is 3.53. The summed E-state index contributed by atoms with van der Waals surface area (Å²) < 4.78 is 31.2. The minimum atomic E-state index is -0.482. The van der Waals surface area contributed by atoms with Crippen LogP contribution in [0.3, 0.4) is 0 Å². The number of fused-ring (bicyclic) bond motifs is 1. The topological polar surface area (TPSA) is 8.17 Å². The van der Waals surface area contributed by atoms with Crippen LogP contribution in [-0.4, -0.2) is 16.0 Å². The van der Waals surface area contributed by atoms with Gasteiger partial charge in [-0.15, -0.1) is 0 Å². The van der Waals surface area contributed by atoms with Crippen LogP contribution in [0.4, 0.5) is 8.78 Å². The van der Waals surface area contributed by atoms with Crippen LogP contribution < -0.4 is 0 Å². The maximum absolute atomic E-state index is 14.5. The number of benzene rings is 1. The number of nitrogens with zero attached hydrogens (tertiary/aromatic N) is 2. The number of halogens is 2. The largest absolute Gasteiger partial charge is 0.350 e. The van der Waals surface area contributed by atoms with Gasteiger partial charge in [0.15, 0.2) is 0 Å². The van der Waals surface area contributed by atoms with E-state index >= 15 is 0 Å². The molecule has 2 aromatic heterocycles. The lowest BCUT2D eigenvalue weighted by Crippen LogP contribution is -2.30. The Morgan fingerprint density at radius 1 is 1.04 bits per heavy atom. The summed E-state index contributed by atoms with van der Waals surface area (Å²) in [7, 11) is 0. The molecule has 0 N–H and O–H groups in total. The van der Waals surface area contributed by atoms with E-state index in [-0.39, 0.29) is 5.56 Å². The summed E-state index contributed by atoms with van der Waals surface area (Å²) in [6, 6.07) is 9.70. The highest BCUT2D eigenvalue weighted by molar-refractivity contribution is 7.07. The van der Waals surface area contributed by atoms with Crippen molar-refractivity contribution in [2.45, 2.75) is 25.6 Å². The second kappa shape index (κ2) is 6.49. The molecule has 3 aromatic rings. The molecule has 1 atom stereocenters. The maximum Gasteiger partial charge on any atom is 0.131 e. The lowest BCUT2D eigenvalue weighted by atomic mass is 10.00. The average Bonchev–Trinajstić information content (AvgIpc) is 3.20. The van der Waals surface area contributed by atoms with Gasteiger partial charge >= 0.3 is 0 Å². The Labute approximate surface area is 144 Å². The monoisotopic (exact) mass is 344 g/mol. The van der Waals surface area contributed by atoms with Crippen molar-refractivity contribution < 1.29 is 8.78 Å². The maximum atomic E-state index is 14.5. The van der Waals surface area contributed by atoms with Crippen LogP contribution in [0.5, 0.6) is 0 Å². The van der Waals surface area contributed by atoms with Crippen molar-refractivity contribution in [1.29, 1.82) is 0 Å². The molecule has 0 fully saturated rings. The van der Waals surface area contributed by atoms with Gasteiger partial charge in [0.2, 0.25) is 0 Å². The molecule has 0 spiro atoms. The molecule has 24 heavy (non-hydrogen) atoms. The zero-order chi connectivity index (χ0) is 16.5. The lowest BCUT2D eigenvalue weighted by molar-refractivity contribution is 0.212. The first-order valence-electron chi connectivity index (χ1n) is 8.08. The summed E-state index contributed by atoms with van der Waals surface area (Å²) in [6.45, 7) is 2.36. The summed E-state index contributed by atoms with van der Waals surface area (Å²) in [4.78, 5) is 2.18. The summed E-state index contributed by atoms with van der Waals surface area (Å²) in [6.07, 6.45) is 2.95.